The van der Waals surface area contributed by atoms with Gasteiger partial charge in [-0.25, -0.2) is 0 Å². The summed E-state index contributed by atoms with van der Waals surface area (Å²) in [5, 5.41) is 8.22. The molecule has 2 fully saturated rings. The number of hydrogen-bond donors (Lipinski definition) is 2. The average molecular weight is 704 g/mol. The van der Waals surface area contributed by atoms with Gasteiger partial charge in [0.1, 0.15) is 12.3 Å². The molecule has 0 radical (unpaired) electrons. The van der Waals surface area contributed by atoms with E-state index >= 15 is 0 Å². The van der Waals surface area contributed by atoms with Gasteiger partial charge in [0, 0.05) is 13.1 Å². The van der Waals surface area contributed by atoms with Gasteiger partial charge in [0.15, 0.2) is 0 Å². The molecule has 266 valence electrons. The second kappa shape index (κ2) is 15.7. The van der Waals surface area contributed by atoms with Crippen LogP contribution in [0.2, 0.25) is 0 Å². The molecule has 0 aliphatic carbocycles. The van der Waals surface area contributed by atoms with Crippen LogP contribution in [-0.4, -0.2) is 14.8 Å². The Labute approximate surface area is 319 Å². The largest absolute Gasteiger partial charge is 0.288 e. The number of pyridine rings is 1. The molecule has 5 nitrogen and oxygen atoms in total. The molecule has 0 saturated carbocycles. The zero-order chi connectivity index (χ0) is 36.1. The van der Waals surface area contributed by atoms with Crippen molar-refractivity contribution < 1.29 is 0 Å². The van der Waals surface area contributed by atoms with Crippen molar-refractivity contribution in [2.45, 2.75) is 49.6 Å². The Bertz CT molecular complexity index is 2060. The second-order valence-electron chi connectivity index (χ2n) is 14.4. The highest BCUT2D eigenvalue weighted by Gasteiger charge is 2.46. The molecule has 54 heavy (non-hydrogen) atoms. The molecular weight excluding hydrogens is 659 g/mol. The van der Waals surface area contributed by atoms with Crippen LogP contribution in [0.15, 0.2) is 200 Å². The summed E-state index contributed by atoms with van der Waals surface area (Å²) in [6.07, 6.45) is -0.251. The zero-order valence-corrected chi connectivity index (χ0v) is 30.3. The molecule has 2 saturated heterocycles. The molecular formula is C49H45N5. The summed E-state index contributed by atoms with van der Waals surface area (Å²) in [7, 11) is 0. The molecule has 0 amide bonds. The van der Waals surface area contributed by atoms with Crippen molar-refractivity contribution in [2.75, 3.05) is 0 Å². The summed E-state index contributed by atoms with van der Waals surface area (Å²) in [5.74, 6) is 0. The van der Waals surface area contributed by atoms with Crippen molar-refractivity contribution in [3.05, 3.63) is 245 Å². The van der Waals surface area contributed by atoms with E-state index in [0.717, 1.165) is 24.5 Å². The molecule has 7 aromatic rings. The first-order valence-corrected chi connectivity index (χ1v) is 19.1. The SMILES string of the molecule is c1ccc(CN2C(c3cccc(C4N[C@@H](c5ccccc5)[C@H](c5ccccc5)N4Cc4ccccc4)n3)N[C@@H](c3ccccc3)[C@@H]2c2ccccc2)cc1. The smallest absolute Gasteiger partial charge is 0.105 e. The van der Waals surface area contributed by atoms with E-state index in [4.69, 9.17) is 4.98 Å². The van der Waals surface area contributed by atoms with Crippen LogP contribution in [0.3, 0.4) is 0 Å². The Morgan fingerprint density at radius 2 is 0.667 bits per heavy atom. The van der Waals surface area contributed by atoms with Crippen LogP contribution in [0.25, 0.3) is 0 Å². The van der Waals surface area contributed by atoms with Crippen LogP contribution in [0.5, 0.6) is 0 Å². The Morgan fingerprint density at radius 1 is 0.352 bits per heavy atom. The van der Waals surface area contributed by atoms with Gasteiger partial charge in [-0.3, -0.25) is 25.4 Å². The topological polar surface area (TPSA) is 43.4 Å². The number of nitrogens with one attached hydrogen (secondary N) is 2. The molecule has 0 bridgehead atoms. The molecule has 6 atom stereocenters. The number of benzene rings is 6. The third-order valence-electron chi connectivity index (χ3n) is 11.1. The first-order chi connectivity index (χ1) is 26.8. The molecule has 6 aromatic carbocycles. The zero-order valence-electron chi connectivity index (χ0n) is 30.3. The predicted molar refractivity (Wildman–Crippen MR) is 217 cm³/mol. The Balaban J connectivity index is 1.15. The van der Waals surface area contributed by atoms with E-state index in [9.17, 15) is 0 Å². The lowest BCUT2D eigenvalue weighted by Gasteiger charge is -2.32. The van der Waals surface area contributed by atoms with Crippen molar-refractivity contribution in [1.29, 1.82) is 0 Å². The van der Waals surface area contributed by atoms with Crippen LogP contribution in [-0.2, 0) is 13.1 Å². The van der Waals surface area contributed by atoms with Crippen LogP contribution >= 0.6 is 0 Å². The van der Waals surface area contributed by atoms with E-state index in [1.54, 1.807) is 0 Å². The van der Waals surface area contributed by atoms with Gasteiger partial charge < -0.3 is 0 Å². The first kappa shape index (κ1) is 34.1. The van der Waals surface area contributed by atoms with Gasteiger partial charge in [-0.15, -0.1) is 0 Å². The minimum Gasteiger partial charge on any atom is -0.288 e. The summed E-state index contributed by atoms with van der Waals surface area (Å²) in [6.45, 7) is 1.56. The van der Waals surface area contributed by atoms with Crippen molar-refractivity contribution in [2.24, 2.45) is 0 Å². The number of hydrogen-bond acceptors (Lipinski definition) is 5. The summed E-state index contributed by atoms with van der Waals surface area (Å²) < 4.78 is 0. The Hall–Kier alpha value is -5.69. The molecule has 2 aliphatic rings. The molecule has 2 aliphatic heterocycles. The van der Waals surface area contributed by atoms with Gasteiger partial charge in [0.05, 0.1) is 35.6 Å². The highest BCUT2D eigenvalue weighted by atomic mass is 15.4. The van der Waals surface area contributed by atoms with E-state index < -0.39 is 0 Å². The molecule has 5 heteroatoms. The lowest BCUT2D eigenvalue weighted by atomic mass is 9.93. The van der Waals surface area contributed by atoms with Crippen molar-refractivity contribution in [3.8, 4) is 0 Å². The summed E-state index contributed by atoms with van der Waals surface area (Å²) in [6, 6.07) is 72.3. The van der Waals surface area contributed by atoms with E-state index in [0.29, 0.717) is 0 Å². The highest BCUT2D eigenvalue weighted by Crippen LogP contribution is 2.48. The maximum atomic E-state index is 5.62. The average Bonchev–Trinajstić information content (AvgIpc) is 3.82. The van der Waals surface area contributed by atoms with E-state index in [1.807, 2.05) is 0 Å². The van der Waals surface area contributed by atoms with Gasteiger partial charge in [-0.05, 0) is 45.5 Å². The second-order valence-corrected chi connectivity index (χ2v) is 14.4. The van der Waals surface area contributed by atoms with Gasteiger partial charge in [0.2, 0.25) is 0 Å². The van der Waals surface area contributed by atoms with Crippen molar-refractivity contribution in [3.63, 3.8) is 0 Å². The quantitative estimate of drug-likeness (QED) is 0.149. The van der Waals surface area contributed by atoms with Gasteiger partial charge >= 0.3 is 0 Å². The maximum absolute atomic E-state index is 5.62. The fourth-order valence-corrected chi connectivity index (χ4v) is 8.62. The van der Waals surface area contributed by atoms with Crippen LogP contribution in [0, 0.1) is 0 Å². The van der Waals surface area contributed by atoms with Gasteiger partial charge in [-0.1, -0.05) is 188 Å². The van der Waals surface area contributed by atoms with E-state index in [-0.39, 0.29) is 36.5 Å². The minimum atomic E-state index is -0.126. The van der Waals surface area contributed by atoms with Crippen LogP contribution in [0.1, 0.15) is 81.3 Å². The number of rotatable bonds is 10. The van der Waals surface area contributed by atoms with Crippen molar-refractivity contribution >= 4 is 0 Å². The van der Waals surface area contributed by atoms with Crippen LogP contribution < -0.4 is 10.6 Å². The molecule has 9 rings (SSSR count). The molecule has 2 N–H and O–H groups in total. The molecule has 0 spiro atoms. The fourth-order valence-electron chi connectivity index (χ4n) is 8.62. The predicted octanol–water partition coefficient (Wildman–Crippen LogP) is 10.3. The van der Waals surface area contributed by atoms with Crippen molar-refractivity contribution in [1.82, 2.24) is 25.4 Å². The van der Waals surface area contributed by atoms with Gasteiger partial charge in [-0.2, -0.15) is 0 Å². The van der Waals surface area contributed by atoms with Gasteiger partial charge in [0.25, 0.3) is 0 Å². The fraction of sp³-hybridized carbons (Fsp3) is 0.163. The third-order valence-corrected chi connectivity index (χ3v) is 11.1. The minimum absolute atomic E-state index is 0.0666. The summed E-state index contributed by atoms with van der Waals surface area (Å²) in [4.78, 5) is 10.8. The molecule has 3 heterocycles. The molecule has 2 unspecified atom stereocenters. The lowest BCUT2D eigenvalue weighted by Crippen LogP contribution is -2.32. The standard InChI is InChI=1S/C49H45N5/c1-7-20-36(21-8-1)34-53-46(40-28-15-5-16-29-40)44(38-24-11-3-12-25-38)51-48(53)42-32-19-33-43(50-42)49-52-45(39-26-13-4-14-27-39)47(41-30-17-6-18-31-41)54(49)35-37-22-9-2-10-23-37/h1-33,44-49,51-52H,34-35H2/t44-,45-,46-,47-,48?,49?/m0/s1. The maximum Gasteiger partial charge on any atom is 0.105 e. The summed E-state index contributed by atoms with van der Waals surface area (Å²) >= 11 is 0. The monoisotopic (exact) mass is 703 g/mol. The Kier molecular flexibility index (Phi) is 9.93. The van der Waals surface area contributed by atoms with Crippen LogP contribution in [0.4, 0.5) is 0 Å². The molecule has 1 aromatic heterocycles. The highest BCUT2D eigenvalue weighted by molar-refractivity contribution is 5.35. The number of aromatic nitrogens is 1. The number of nitrogens with zero attached hydrogens (tertiary/aromatic N) is 3. The normalized spacial score (nSPS) is 23.0. The third kappa shape index (κ3) is 7.03. The van der Waals surface area contributed by atoms with E-state index in [2.05, 4.69) is 221 Å². The summed E-state index contributed by atoms with van der Waals surface area (Å²) in [5.41, 5.74) is 9.70. The lowest BCUT2D eigenvalue weighted by molar-refractivity contribution is 0.165. The van der Waals surface area contributed by atoms with E-state index in [1.165, 1.54) is 33.4 Å². The Morgan fingerprint density at radius 3 is 1.02 bits per heavy atom. The first-order valence-electron chi connectivity index (χ1n) is 19.1.